The summed E-state index contributed by atoms with van der Waals surface area (Å²) in [6.45, 7) is 7.05. The Kier molecular flexibility index (Phi) is 3.73. The first-order chi connectivity index (χ1) is 7.51. The van der Waals surface area contributed by atoms with Crippen LogP contribution in [-0.2, 0) is 14.3 Å². The van der Waals surface area contributed by atoms with Gasteiger partial charge in [0.05, 0.1) is 11.1 Å². The van der Waals surface area contributed by atoms with E-state index >= 15 is 0 Å². The number of hydrogen-bond donors (Lipinski definition) is 1. The van der Waals surface area contributed by atoms with Crippen molar-refractivity contribution in [3.63, 3.8) is 0 Å². The Balaban J connectivity index is 3.41. The molecule has 84 valence electrons. The molecule has 0 spiro atoms. The topological polar surface area (TPSA) is 46.6 Å². The third-order valence-corrected chi connectivity index (χ3v) is 2.05. The molecule has 1 rings (SSSR count). The van der Waals surface area contributed by atoms with E-state index in [0.717, 1.165) is 0 Å². The highest BCUT2D eigenvalue weighted by Crippen LogP contribution is 2.25. The van der Waals surface area contributed by atoms with E-state index in [-0.39, 0.29) is 11.1 Å². The van der Waals surface area contributed by atoms with Crippen molar-refractivity contribution in [2.24, 2.45) is 0 Å². The Hall–Kier alpha value is -1.75. The van der Waals surface area contributed by atoms with Crippen LogP contribution in [0, 0.1) is 0 Å². The van der Waals surface area contributed by atoms with Crippen molar-refractivity contribution in [2.45, 2.75) is 0 Å². The average molecular weight is 237 g/mol. The summed E-state index contributed by atoms with van der Waals surface area (Å²) < 4.78 is 5.94. The fourth-order valence-electron chi connectivity index (χ4n) is 1.28. The van der Waals surface area contributed by atoms with Gasteiger partial charge in [0.2, 0.25) is 0 Å². The molecule has 0 N–H and O–H groups in total. The molecule has 0 aliphatic carbocycles. The van der Waals surface area contributed by atoms with E-state index in [0.29, 0.717) is 5.57 Å². The average Bonchev–Trinajstić information content (AvgIpc) is 2.20. The molecule has 16 heavy (non-hydrogen) atoms. The second kappa shape index (κ2) is 4.85. The van der Waals surface area contributed by atoms with Gasteiger partial charge in [-0.05, 0) is 0 Å². The van der Waals surface area contributed by atoms with Crippen molar-refractivity contribution in [1.29, 1.82) is 0 Å². The van der Waals surface area contributed by atoms with Crippen LogP contribution in [-0.4, -0.2) is 23.3 Å². The summed E-state index contributed by atoms with van der Waals surface area (Å²) in [5.74, 6) is -1.43. The number of thiol groups is 1. The molecule has 0 radical (unpaired) electrons. The third-order valence-electron chi connectivity index (χ3n) is 1.93. The maximum Gasteiger partial charge on any atom is 0.348 e. The van der Waals surface area contributed by atoms with Gasteiger partial charge in [-0.2, -0.15) is 0 Å². The largest absolute Gasteiger partial charge is 0.386 e. The zero-order chi connectivity index (χ0) is 12.3. The molecule has 1 aliphatic heterocycles. The number of nitrogens with zero attached hydrogens (tertiary/aromatic N) is 1. The Morgan fingerprint density at radius 1 is 1.19 bits per heavy atom. The van der Waals surface area contributed by atoms with Gasteiger partial charge in [-0.1, -0.05) is 38.1 Å². The standard InChI is InChI=1S/C11H11NO3S/c1-4-7-8(5-2)10(13)15-11(14)9(7)6-12(3)16/h4-6,16H,1-2H2,3H3/b9-6+. The normalized spacial score (nSPS) is 18.5. The highest BCUT2D eigenvalue weighted by atomic mass is 32.1. The van der Waals surface area contributed by atoms with E-state index < -0.39 is 11.9 Å². The van der Waals surface area contributed by atoms with Crippen LogP contribution in [0.1, 0.15) is 0 Å². The number of hydrogen-bond acceptors (Lipinski definition) is 5. The summed E-state index contributed by atoms with van der Waals surface area (Å²) >= 11 is 3.99. The van der Waals surface area contributed by atoms with E-state index in [4.69, 9.17) is 0 Å². The molecule has 0 fully saturated rings. The fourth-order valence-corrected chi connectivity index (χ4v) is 1.40. The van der Waals surface area contributed by atoms with Crippen molar-refractivity contribution < 1.29 is 14.3 Å². The van der Waals surface area contributed by atoms with Crippen LogP contribution in [0.3, 0.4) is 0 Å². The van der Waals surface area contributed by atoms with Crippen molar-refractivity contribution in [3.05, 3.63) is 48.2 Å². The highest BCUT2D eigenvalue weighted by molar-refractivity contribution is 7.77. The van der Waals surface area contributed by atoms with Gasteiger partial charge in [-0.3, -0.25) is 0 Å². The van der Waals surface area contributed by atoms with E-state index in [1.54, 1.807) is 7.05 Å². The lowest BCUT2D eigenvalue weighted by molar-refractivity contribution is -0.154. The summed E-state index contributed by atoms with van der Waals surface area (Å²) in [6.07, 6.45) is 4.19. The smallest absolute Gasteiger partial charge is 0.348 e. The minimum absolute atomic E-state index is 0.219. The molecule has 0 aromatic rings. The van der Waals surface area contributed by atoms with Crippen LogP contribution in [0.15, 0.2) is 48.2 Å². The first kappa shape index (κ1) is 12.3. The molecule has 0 unspecified atom stereocenters. The summed E-state index contributed by atoms with van der Waals surface area (Å²) in [5, 5.41) is 0. The SMILES string of the molecule is C=CC1=C(C=C)/C(=C\N(C)S)C(=O)OC1=O. The second-order valence-electron chi connectivity index (χ2n) is 3.03. The number of esters is 2. The molecule has 5 heteroatoms. The maximum atomic E-state index is 11.5. The molecule has 0 bridgehead atoms. The summed E-state index contributed by atoms with van der Waals surface area (Å²) in [6, 6.07) is 0. The lowest BCUT2D eigenvalue weighted by Gasteiger charge is -2.18. The van der Waals surface area contributed by atoms with Crippen LogP contribution in [0.25, 0.3) is 0 Å². The third kappa shape index (κ3) is 2.25. The molecular weight excluding hydrogens is 226 g/mol. The minimum atomic E-state index is -0.716. The molecule has 4 nitrogen and oxygen atoms in total. The van der Waals surface area contributed by atoms with Crippen molar-refractivity contribution in [2.75, 3.05) is 7.05 Å². The van der Waals surface area contributed by atoms with Gasteiger partial charge in [0.25, 0.3) is 0 Å². The Labute approximate surface area is 99.1 Å². The quantitative estimate of drug-likeness (QED) is 0.349. The van der Waals surface area contributed by atoms with E-state index in [2.05, 4.69) is 30.7 Å². The lowest BCUT2D eigenvalue weighted by atomic mass is 9.98. The van der Waals surface area contributed by atoms with Gasteiger partial charge in [-0.15, -0.1) is 0 Å². The fraction of sp³-hybridized carbons (Fsp3) is 0.0909. The minimum Gasteiger partial charge on any atom is -0.386 e. The molecule has 0 saturated carbocycles. The second-order valence-corrected chi connectivity index (χ2v) is 3.66. The van der Waals surface area contributed by atoms with Gasteiger partial charge in [0.1, 0.15) is 0 Å². The molecule has 1 heterocycles. The zero-order valence-corrected chi connectivity index (χ0v) is 9.66. The number of carbonyl (C=O) groups is 2. The lowest BCUT2D eigenvalue weighted by Crippen LogP contribution is -2.24. The predicted molar refractivity (Wildman–Crippen MR) is 63.4 cm³/mol. The van der Waals surface area contributed by atoms with Crippen LogP contribution >= 0.6 is 12.8 Å². The zero-order valence-electron chi connectivity index (χ0n) is 8.77. The summed E-state index contributed by atoms with van der Waals surface area (Å²) in [4.78, 5) is 22.8. The summed E-state index contributed by atoms with van der Waals surface area (Å²) in [5.41, 5.74) is 0.843. The van der Waals surface area contributed by atoms with Gasteiger partial charge in [-0.25, -0.2) is 9.59 Å². The number of rotatable bonds is 3. The molecule has 0 saturated heterocycles. The first-order valence-corrected chi connectivity index (χ1v) is 4.80. The van der Waals surface area contributed by atoms with Crippen molar-refractivity contribution in [1.82, 2.24) is 4.31 Å². The highest BCUT2D eigenvalue weighted by Gasteiger charge is 2.29. The number of cyclic esters (lactones) is 2. The van der Waals surface area contributed by atoms with Crippen LogP contribution in [0.5, 0.6) is 0 Å². The van der Waals surface area contributed by atoms with Crippen LogP contribution in [0.2, 0.25) is 0 Å². The number of allylic oxidation sites excluding steroid dienone is 1. The molecule has 0 amide bonds. The Bertz CT molecular complexity index is 433. The Morgan fingerprint density at radius 3 is 2.19 bits per heavy atom. The predicted octanol–water partition coefficient (Wildman–Crippen LogP) is 1.40. The van der Waals surface area contributed by atoms with Crippen molar-refractivity contribution >= 4 is 24.8 Å². The van der Waals surface area contributed by atoms with E-state index in [1.165, 1.54) is 22.7 Å². The number of carbonyl (C=O) groups excluding carboxylic acids is 2. The molecule has 0 atom stereocenters. The number of ether oxygens (including phenoxy) is 1. The maximum absolute atomic E-state index is 11.5. The van der Waals surface area contributed by atoms with Gasteiger partial charge in [0.15, 0.2) is 0 Å². The molecular formula is C11H11NO3S. The first-order valence-electron chi connectivity index (χ1n) is 4.40. The van der Waals surface area contributed by atoms with E-state index in [9.17, 15) is 9.59 Å². The van der Waals surface area contributed by atoms with Crippen LogP contribution < -0.4 is 0 Å². The van der Waals surface area contributed by atoms with Gasteiger partial charge < -0.3 is 9.04 Å². The monoisotopic (exact) mass is 237 g/mol. The van der Waals surface area contributed by atoms with Gasteiger partial charge >= 0.3 is 11.9 Å². The summed E-state index contributed by atoms with van der Waals surface area (Å²) in [7, 11) is 1.63. The van der Waals surface area contributed by atoms with Gasteiger partial charge in [0, 0.05) is 18.8 Å². The van der Waals surface area contributed by atoms with E-state index in [1.807, 2.05) is 0 Å². The molecule has 0 aromatic heterocycles. The molecule has 1 aliphatic rings. The van der Waals surface area contributed by atoms with Crippen molar-refractivity contribution in [3.8, 4) is 0 Å². The Morgan fingerprint density at radius 2 is 1.75 bits per heavy atom. The molecule has 0 aromatic carbocycles. The van der Waals surface area contributed by atoms with Crippen LogP contribution in [0.4, 0.5) is 0 Å².